The van der Waals surface area contributed by atoms with Gasteiger partial charge in [0.05, 0.1) is 21.6 Å². The molecule has 0 amide bonds. The molecule has 0 aliphatic rings. The predicted molar refractivity (Wildman–Crippen MR) is 98.6 cm³/mol. The smallest absolute Gasteiger partial charge is 0.323 e. The molecule has 1 aromatic heterocycles. The summed E-state index contributed by atoms with van der Waals surface area (Å²) in [5.74, 6) is -0.871. The number of carboxylic acid groups (broad SMARTS) is 1. The number of halogens is 1. The third-order valence-corrected chi connectivity index (χ3v) is 5.37. The first kappa shape index (κ1) is 18.8. The molecule has 9 heteroatoms. The molecule has 3 aromatic rings. The monoisotopic (exact) mass is 391 g/mol. The number of sulfonamides is 1. The first-order valence-electron chi connectivity index (χ1n) is 8.29. The number of aliphatic carboxylic acids is 1. The van der Waals surface area contributed by atoms with Crippen LogP contribution < -0.4 is 4.72 Å². The number of aryl methyl sites for hydroxylation is 1. The zero-order valence-electron chi connectivity index (χ0n) is 14.5. The maximum absolute atomic E-state index is 13.0. The standard InChI is InChI=1S/C18H18FN3O4S/c1-2-3-17-20-15-10-13(6-9-16(15)22(17)11-18(23)24)21-27(25,26)14-7-4-12(19)5-8-14/h4-10,21H,2-3,11H2,1H3,(H,23,24). The maximum Gasteiger partial charge on any atom is 0.323 e. The number of carbonyl (C=O) groups is 1. The van der Waals surface area contributed by atoms with Crippen LogP contribution in [0.4, 0.5) is 10.1 Å². The Morgan fingerprint density at radius 3 is 2.56 bits per heavy atom. The predicted octanol–water partition coefficient (Wildman–Crippen LogP) is 3.01. The second-order valence-electron chi connectivity index (χ2n) is 6.02. The fourth-order valence-electron chi connectivity index (χ4n) is 2.80. The van der Waals surface area contributed by atoms with Gasteiger partial charge in [-0.1, -0.05) is 6.92 Å². The number of aromatic nitrogens is 2. The van der Waals surface area contributed by atoms with Crippen molar-refractivity contribution in [3.05, 3.63) is 54.1 Å². The van der Waals surface area contributed by atoms with Crippen molar-refractivity contribution in [2.24, 2.45) is 0 Å². The second kappa shape index (κ2) is 7.36. The molecule has 0 radical (unpaired) electrons. The minimum absolute atomic E-state index is 0.0629. The first-order valence-corrected chi connectivity index (χ1v) is 9.78. The average molecular weight is 391 g/mol. The summed E-state index contributed by atoms with van der Waals surface area (Å²) in [5, 5.41) is 9.12. The lowest BCUT2D eigenvalue weighted by Gasteiger charge is -2.09. The molecule has 0 spiro atoms. The highest BCUT2D eigenvalue weighted by molar-refractivity contribution is 7.92. The Morgan fingerprint density at radius 2 is 1.93 bits per heavy atom. The van der Waals surface area contributed by atoms with Gasteiger partial charge in [0.2, 0.25) is 0 Å². The van der Waals surface area contributed by atoms with Crippen LogP contribution >= 0.6 is 0 Å². The zero-order chi connectivity index (χ0) is 19.6. The number of hydrogen-bond donors (Lipinski definition) is 2. The van der Waals surface area contributed by atoms with Gasteiger partial charge in [-0.15, -0.1) is 0 Å². The van der Waals surface area contributed by atoms with Gasteiger partial charge in [-0.2, -0.15) is 0 Å². The minimum atomic E-state index is -3.88. The quantitative estimate of drug-likeness (QED) is 0.645. The minimum Gasteiger partial charge on any atom is -0.480 e. The van der Waals surface area contributed by atoms with Crippen molar-refractivity contribution < 1.29 is 22.7 Å². The largest absolute Gasteiger partial charge is 0.480 e. The van der Waals surface area contributed by atoms with Crippen molar-refractivity contribution in [3.63, 3.8) is 0 Å². The van der Waals surface area contributed by atoms with E-state index in [1.807, 2.05) is 6.92 Å². The van der Waals surface area contributed by atoms with Gasteiger partial charge in [0, 0.05) is 6.42 Å². The fraction of sp³-hybridized carbons (Fsp3) is 0.222. The van der Waals surface area contributed by atoms with E-state index in [-0.39, 0.29) is 17.1 Å². The number of imidazole rings is 1. The molecular formula is C18H18FN3O4S. The Kier molecular flexibility index (Phi) is 5.13. The summed E-state index contributed by atoms with van der Waals surface area (Å²) < 4.78 is 41.9. The van der Waals surface area contributed by atoms with E-state index in [1.54, 1.807) is 22.8 Å². The molecule has 3 rings (SSSR count). The van der Waals surface area contributed by atoms with Crippen molar-refractivity contribution in [1.82, 2.24) is 9.55 Å². The Morgan fingerprint density at radius 1 is 1.22 bits per heavy atom. The van der Waals surface area contributed by atoms with E-state index < -0.39 is 21.8 Å². The molecule has 0 fully saturated rings. The normalized spacial score (nSPS) is 11.6. The van der Waals surface area contributed by atoms with Crippen LogP contribution in [0, 0.1) is 5.82 Å². The molecule has 0 bridgehead atoms. The Bertz CT molecular complexity index is 1090. The Labute approximate surface area is 155 Å². The SMILES string of the molecule is CCCc1nc2cc(NS(=O)(=O)c3ccc(F)cc3)ccc2n1CC(=O)O. The first-order chi connectivity index (χ1) is 12.8. The topological polar surface area (TPSA) is 101 Å². The average Bonchev–Trinajstić information content (AvgIpc) is 2.91. The number of nitrogens with one attached hydrogen (secondary N) is 1. The molecule has 0 aliphatic carbocycles. The second-order valence-corrected chi connectivity index (χ2v) is 7.70. The maximum atomic E-state index is 13.0. The van der Waals surface area contributed by atoms with Gasteiger partial charge in [0.15, 0.2) is 0 Å². The van der Waals surface area contributed by atoms with Crippen molar-refractivity contribution in [2.45, 2.75) is 31.2 Å². The highest BCUT2D eigenvalue weighted by Crippen LogP contribution is 2.23. The van der Waals surface area contributed by atoms with Crippen LogP contribution in [-0.4, -0.2) is 29.0 Å². The van der Waals surface area contributed by atoms with Crippen molar-refractivity contribution in [2.75, 3.05) is 4.72 Å². The lowest BCUT2D eigenvalue weighted by atomic mass is 10.3. The van der Waals surface area contributed by atoms with Crippen LogP contribution in [-0.2, 0) is 27.8 Å². The summed E-state index contributed by atoms with van der Waals surface area (Å²) in [6.07, 6.45) is 1.41. The van der Waals surface area contributed by atoms with Crippen LogP contribution in [0.25, 0.3) is 11.0 Å². The van der Waals surface area contributed by atoms with Crippen molar-refractivity contribution in [3.8, 4) is 0 Å². The molecule has 1 heterocycles. The molecule has 142 valence electrons. The van der Waals surface area contributed by atoms with E-state index in [9.17, 15) is 17.6 Å². The van der Waals surface area contributed by atoms with E-state index in [2.05, 4.69) is 9.71 Å². The summed E-state index contributed by atoms with van der Waals surface area (Å²) in [6.45, 7) is 1.75. The molecule has 2 aromatic carbocycles. The lowest BCUT2D eigenvalue weighted by molar-refractivity contribution is -0.137. The summed E-state index contributed by atoms with van der Waals surface area (Å²) in [5.41, 5.74) is 1.40. The third kappa shape index (κ3) is 4.08. The molecule has 27 heavy (non-hydrogen) atoms. The van der Waals surface area contributed by atoms with E-state index >= 15 is 0 Å². The summed E-state index contributed by atoms with van der Waals surface area (Å²) in [7, 11) is -3.88. The van der Waals surface area contributed by atoms with Crippen LogP contribution in [0.5, 0.6) is 0 Å². The molecule has 0 saturated heterocycles. The number of fused-ring (bicyclic) bond motifs is 1. The molecule has 0 atom stereocenters. The Hall–Kier alpha value is -2.94. The molecule has 0 unspecified atom stereocenters. The highest BCUT2D eigenvalue weighted by atomic mass is 32.2. The fourth-order valence-corrected chi connectivity index (χ4v) is 3.85. The third-order valence-electron chi connectivity index (χ3n) is 3.97. The molecule has 2 N–H and O–H groups in total. The zero-order valence-corrected chi connectivity index (χ0v) is 15.3. The number of carboxylic acids is 1. The summed E-state index contributed by atoms with van der Waals surface area (Å²) >= 11 is 0. The summed E-state index contributed by atoms with van der Waals surface area (Å²) in [4.78, 5) is 15.5. The van der Waals surface area contributed by atoms with Crippen LogP contribution in [0.1, 0.15) is 19.2 Å². The summed E-state index contributed by atoms with van der Waals surface area (Å²) in [6, 6.07) is 9.22. The van der Waals surface area contributed by atoms with Gasteiger partial charge in [0.1, 0.15) is 18.2 Å². The van der Waals surface area contributed by atoms with Gasteiger partial charge in [-0.3, -0.25) is 9.52 Å². The van der Waals surface area contributed by atoms with Crippen molar-refractivity contribution in [1.29, 1.82) is 0 Å². The van der Waals surface area contributed by atoms with Gasteiger partial charge < -0.3 is 9.67 Å². The van der Waals surface area contributed by atoms with E-state index in [0.29, 0.717) is 23.3 Å². The van der Waals surface area contributed by atoms with E-state index in [4.69, 9.17) is 5.11 Å². The van der Waals surface area contributed by atoms with Gasteiger partial charge in [-0.25, -0.2) is 17.8 Å². The lowest BCUT2D eigenvalue weighted by Crippen LogP contribution is -2.13. The molecular weight excluding hydrogens is 373 g/mol. The number of nitrogens with zero attached hydrogens (tertiary/aromatic N) is 2. The van der Waals surface area contributed by atoms with E-state index in [0.717, 1.165) is 18.6 Å². The number of anilines is 1. The number of benzene rings is 2. The van der Waals surface area contributed by atoms with Gasteiger partial charge >= 0.3 is 5.97 Å². The Balaban J connectivity index is 1.96. The molecule has 0 saturated carbocycles. The van der Waals surface area contributed by atoms with E-state index in [1.165, 1.54) is 12.1 Å². The van der Waals surface area contributed by atoms with Crippen LogP contribution in [0.15, 0.2) is 47.4 Å². The van der Waals surface area contributed by atoms with Gasteiger partial charge in [0.25, 0.3) is 10.0 Å². The van der Waals surface area contributed by atoms with Crippen molar-refractivity contribution >= 4 is 32.7 Å². The van der Waals surface area contributed by atoms with Crippen LogP contribution in [0.3, 0.4) is 0 Å². The van der Waals surface area contributed by atoms with Gasteiger partial charge in [-0.05, 0) is 48.9 Å². The number of rotatable bonds is 7. The molecule has 0 aliphatic heterocycles. The molecule has 7 nitrogen and oxygen atoms in total. The van der Waals surface area contributed by atoms with Crippen LogP contribution in [0.2, 0.25) is 0 Å². The highest BCUT2D eigenvalue weighted by Gasteiger charge is 2.17. The number of hydrogen-bond acceptors (Lipinski definition) is 4.